The number of hydrogen-bond acceptors (Lipinski definition) is 5. The van der Waals surface area contributed by atoms with Crippen LogP contribution in [-0.2, 0) is 27.2 Å². The second kappa shape index (κ2) is 12.4. The number of carbonyl (C=O) groups excluding carboxylic acids is 1. The zero-order chi connectivity index (χ0) is 23.8. The van der Waals surface area contributed by atoms with E-state index in [1.165, 1.54) is 11.3 Å². The Balaban J connectivity index is 1.55. The molecule has 0 amide bonds. The van der Waals surface area contributed by atoms with Crippen molar-refractivity contribution >= 4 is 33.7 Å². The van der Waals surface area contributed by atoms with Crippen molar-refractivity contribution in [1.29, 1.82) is 0 Å². The SMILES string of the molecule is CSCCc1nn(C[C@H]2CC[C@H](COCC(=O)OC(C)(C)C)CC2)c(-c2ccccc2)c1Br. The molecule has 1 saturated carbocycles. The minimum absolute atomic E-state index is 0.0395. The van der Waals surface area contributed by atoms with E-state index in [1.54, 1.807) is 0 Å². The summed E-state index contributed by atoms with van der Waals surface area (Å²) >= 11 is 5.71. The fourth-order valence-corrected chi connectivity index (χ4v) is 5.47. The Labute approximate surface area is 211 Å². The fraction of sp³-hybridized carbons (Fsp3) is 0.615. The average Bonchev–Trinajstić information content (AvgIpc) is 3.07. The van der Waals surface area contributed by atoms with Crippen LogP contribution in [-0.4, -0.2) is 46.6 Å². The van der Waals surface area contributed by atoms with E-state index in [2.05, 4.69) is 57.2 Å². The van der Waals surface area contributed by atoms with Gasteiger partial charge in [0.15, 0.2) is 0 Å². The van der Waals surface area contributed by atoms with Gasteiger partial charge in [0.1, 0.15) is 12.2 Å². The number of hydrogen-bond donors (Lipinski definition) is 0. The van der Waals surface area contributed by atoms with Crippen molar-refractivity contribution in [3.05, 3.63) is 40.5 Å². The van der Waals surface area contributed by atoms with Gasteiger partial charge < -0.3 is 9.47 Å². The third-order valence-electron chi connectivity index (χ3n) is 5.94. The molecule has 182 valence electrons. The van der Waals surface area contributed by atoms with Gasteiger partial charge in [0.25, 0.3) is 0 Å². The topological polar surface area (TPSA) is 53.4 Å². The summed E-state index contributed by atoms with van der Waals surface area (Å²) in [6.45, 7) is 7.23. The molecule has 5 nitrogen and oxygen atoms in total. The van der Waals surface area contributed by atoms with Crippen molar-refractivity contribution in [1.82, 2.24) is 9.78 Å². The van der Waals surface area contributed by atoms with Gasteiger partial charge in [-0.2, -0.15) is 16.9 Å². The summed E-state index contributed by atoms with van der Waals surface area (Å²) in [7, 11) is 0. The molecule has 33 heavy (non-hydrogen) atoms. The van der Waals surface area contributed by atoms with E-state index in [4.69, 9.17) is 14.6 Å². The number of halogens is 1. The minimum atomic E-state index is -0.464. The smallest absolute Gasteiger partial charge is 0.332 e. The number of esters is 1. The van der Waals surface area contributed by atoms with Crippen molar-refractivity contribution in [2.75, 3.05) is 25.2 Å². The lowest BCUT2D eigenvalue weighted by Gasteiger charge is -2.28. The summed E-state index contributed by atoms with van der Waals surface area (Å²) in [6.07, 6.45) is 7.68. The van der Waals surface area contributed by atoms with E-state index in [1.807, 2.05) is 32.5 Å². The fourth-order valence-electron chi connectivity index (χ4n) is 4.36. The van der Waals surface area contributed by atoms with Crippen LogP contribution in [0, 0.1) is 11.8 Å². The molecule has 0 unspecified atom stereocenters. The van der Waals surface area contributed by atoms with E-state index >= 15 is 0 Å². The predicted molar refractivity (Wildman–Crippen MR) is 140 cm³/mol. The third-order valence-corrected chi connectivity index (χ3v) is 7.39. The maximum atomic E-state index is 11.8. The first-order valence-electron chi connectivity index (χ1n) is 11.9. The number of aromatic nitrogens is 2. The molecule has 7 heteroatoms. The molecule has 0 aliphatic heterocycles. The molecule has 0 N–H and O–H groups in total. The van der Waals surface area contributed by atoms with Gasteiger partial charge >= 0.3 is 5.97 Å². The standard InChI is InChI=1S/C26H37BrN2O3S/c1-26(2,3)32-23(30)18-31-17-20-12-10-19(11-13-20)16-29-25(21-8-6-5-7-9-21)24(27)22(28-29)14-15-33-4/h5-9,19-20H,10-18H2,1-4H3/t19-,20-. The Bertz CT molecular complexity index is 887. The van der Waals surface area contributed by atoms with Crippen LogP contribution in [0.15, 0.2) is 34.8 Å². The van der Waals surface area contributed by atoms with Crippen LogP contribution >= 0.6 is 27.7 Å². The van der Waals surface area contributed by atoms with E-state index in [-0.39, 0.29) is 12.6 Å². The molecule has 1 aliphatic rings. The van der Waals surface area contributed by atoms with Gasteiger partial charge in [-0.25, -0.2) is 4.79 Å². The molecule has 0 bridgehead atoms. The van der Waals surface area contributed by atoms with Crippen LogP contribution < -0.4 is 0 Å². The molecule has 2 aromatic rings. The van der Waals surface area contributed by atoms with E-state index in [9.17, 15) is 4.79 Å². The quantitative estimate of drug-likeness (QED) is 0.329. The van der Waals surface area contributed by atoms with Crippen LogP contribution in [0.1, 0.15) is 52.1 Å². The second-order valence-electron chi connectivity index (χ2n) is 9.89. The third kappa shape index (κ3) is 8.15. The van der Waals surface area contributed by atoms with Crippen molar-refractivity contribution in [3.8, 4) is 11.3 Å². The van der Waals surface area contributed by atoms with Gasteiger partial charge in [-0.05, 0) is 86.2 Å². The van der Waals surface area contributed by atoms with Gasteiger partial charge in [0, 0.05) is 18.5 Å². The van der Waals surface area contributed by atoms with Gasteiger partial charge in [0.2, 0.25) is 0 Å². The maximum absolute atomic E-state index is 11.8. The second-order valence-corrected chi connectivity index (χ2v) is 11.7. The lowest BCUT2D eigenvalue weighted by atomic mass is 9.82. The predicted octanol–water partition coefficient (Wildman–Crippen LogP) is 6.38. The summed E-state index contributed by atoms with van der Waals surface area (Å²) in [4.78, 5) is 11.8. The number of aryl methyl sites for hydroxylation is 1. The van der Waals surface area contributed by atoms with Gasteiger partial charge in [0.05, 0.1) is 22.5 Å². The molecule has 1 fully saturated rings. The van der Waals surface area contributed by atoms with Crippen LogP contribution in [0.5, 0.6) is 0 Å². The number of nitrogens with zero attached hydrogens (tertiary/aromatic N) is 2. The van der Waals surface area contributed by atoms with Crippen molar-refractivity contribution in [2.45, 2.75) is 65.0 Å². The highest BCUT2D eigenvalue weighted by Crippen LogP contribution is 2.35. The van der Waals surface area contributed by atoms with Crippen LogP contribution in [0.3, 0.4) is 0 Å². The number of benzene rings is 1. The summed E-state index contributed by atoms with van der Waals surface area (Å²) < 4.78 is 14.3. The van der Waals surface area contributed by atoms with Crippen molar-refractivity contribution in [3.63, 3.8) is 0 Å². The van der Waals surface area contributed by atoms with Crippen LogP contribution in [0.4, 0.5) is 0 Å². The first-order chi connectivity index (χ1) is 15.8. The first kappa shape index (κ1) is 26.3. The Morgan fingerprint density at radius 2 is 1.82 bits per heavy atom. The monoisotopic (exact) mass is 536 g/mol. The van der Waals surface area contributed by atoms with Crippen LogP contribution in [0.2, 0.25) is 0 Å². The molecule has 0 saturated heterocycles. The number of thioether (sulfide) groups is 1. The highest BCUT2D eigenvalue weighted by Gasteiger charge is 2.25. The molecule has 3 rings (SSSR count). The Hall–Kier alpha value is -1.31. The molecule has 1 heterocycles. The van der Waals surface area contributed by atoms with Gasteiger partial charge in [-0.1, -0.05) is 30.3 Å². The molecular formula is C26H37BrN2O3S. The Morgan fingerprint density at radius 3 is 2.45 bits per heavy atom. The highest BCUT2D eigenvalue weighted by atomic mass is 79.9. The Kier molecular flexibility index (Phi) is 9.89. The molecule has 0 spiro atoms. The first-order valence-corrected chi connectivity index (χ1v) is 14.0. The molecule has 0 atom stereocenters. The van der Waals surface area contributed by atoms with Crippen molar-refractivity contribution < 1.29 is 14.3 Å². The van der Waals surface area contributed by atoms with E-state index in [0.717, 1.165) is 54.6 Å². The normalized spacial score (nSPS) is 18.9. The van der Waals surface area contributed by atoms with Gasteiger partial charge in [-0.15, -0.1) is 0 Å². The van der Waals surface area contributed by atoms with Crippen LogP contribution in [0.25, 0.3) is 11.3 Å². The number of carbonyl (C=O) groups is 1. The zero-order valence-corrected chi connectivity index (χ0v) is 22.7. The summed E-state index contributed by atoms with van der Waals surface area (Å²) in [5, 5.41) is 5.02. The minimum Gasteiger partial charge on any atom is -0.458 e. The summed E-state index contributed by atoms with van der Waals surface area (Å²) in [5.41, 5.74) is 3.08. The lowest BCUT2D eigenvalue weighted by Crippen LogP contribution is -2.28. The molecule has 1 aromatic carbocycles. The molecule has 1 aliphatic carbocycles. The average molecular weight is 538 g/mol. The highest BCUT2D eigenvalue weighted by molar-refractivity contribution is 9.10. The molecule has 1 aromatic heterocycles. The zero-order valence-electron chi connectivity index (χ0n) is 20.3. The van der Waals surface area contributed by atoms with E-state index < -0.39 is 5.60 Å². The van der Waals surface area contributed by atoms with Gasteiger partial charge in [-0.3, -0.25) is 4.68 Å². The van der Waals surface area contributed by atoms with Crippen molar-refractivity contribution in [2.24, 2.45) is 11.8 Å². The maximum Gasteiger partial charge on any atom is 0.332 e. The molecular weight excluding hydrogens is 500 g/mol. The molecule has 0 radical (unpaired) electrons. The summed E-state index contributed by atoms with van der Waals surface area (Å²) in [5.74, 6) is 1.90. The van der Waals surface area contributed by atoms with E-state index in [0.29, 0.717) is 18.4 Å². The lowest BCUT2D eigenvalue weighted by molar-refractivity contribution is -0.160. The number of ether oxygens (including phenoxy) is 2. The largest absolute Gasteiger partial charge is 0.458 e. The Morgan fingerprint density at radius 1 is 1.15 bits per heavy atom. The summed E-state index contributed by atoms with van der Waals surface area (Å²) in [6, 6.07) is 10.6. The number of rotatable bonds is 10.